The van der Waals surface area contributed by atoms with Crippen LogP contribution < -0.4 is 5.73 Å². The highest BCUT2D eigenvalue weighted by atomic mass is 16.3. The van der Waals surface area contributed by atoms with Crippen LogP contribution in [0.2, 0.25) is 0 Å². The molecule has 1 aromatic heterocycles. The van der Waals surface area contributed by atoms with E-state index >= 15 is 0 Å². The Bertz CT molecular complexity index is 777. The van der Waals surface area contributed by atoms with Crippen LogP contribution in [0.5, 0.6) is 0 Å². The fraction of sp³-hybridized carbons (Fsp3) is 0.263. The topological polar surface area (TPSA) is 39.2 Å². The van der Waals surface area contributed by atoms with Crippen molar-refractivity contribution in [2.75, 3.05) is 0 Å². The number of nitrogens with two attached hydrogens (primary N) is 1. The van der Waals surface area contributed by atoms with E-state index < -0.39 is 0 Å². The van der Waals surface area contributed by atoms with Crippen molar-refractivity contribution in [3.05, 3.63) is 71.0 Å². The number of hydrogen-bond acceptors (Lipinski definition) is 2. The van der Waals surface area contributed by atoms with Gasteiger partial charge in [0.2, 0.25) is 0 Å². The third-order valence-corrected chi connectivity index (χ3v) is 4.61. The molecule has 1 aliphatic rings. The van der Waals surface area contributed by atoms with Crippen LogP contribution in [0, 0.1) is 12.8 Å². The number of benzene rings is 2. The number of hydrogen-bond donors (Lipinski definition) is 1. The van der Waals surface area contributed by atoms with Gasteiger partial charge in [0.1, 0.15) is 11.3 Å². The average Bonchev–Trinajstić information content (AvgIpc) is 3.09. The zero-order valence-electron chi connectivity index (χ0n) is 12.2. The van der Waals surface area contributed by atoms with E-state index in [0.717, 1.165) is 29.6 Å². The van der Waals surface area contributed by atoms with Gasteiger partial charge in [0.15, 0.2) is 0 Å². The predicted octanol–water partition coefficient (Wildman–Crippen LogP) is 4.16. The molecule has 0 amide bonds. The molecule has 2 heteroatoms. The average molecular weight is 277 g/mol. The van der Waals surface area contributed by atoms with E-state index in [2.05, 4.69) is 49.4 Å². The maximum atomic E-state index is 6.49. The van der Waals surface area contributed by atoms with E-state index in [9.17, 15) is 0 Å². The van der Waals surface area contributed by atoms with E-state index in [0.29, 0.717) is 5.92 Å². The second kappa shape index (κ2) is 4.74. The Kier molecular flexibility index (Phi) is 2.86. The molecule has 2 nitrogen and oxygen atoms in total. The molecule has 2 aromatic carbocycles. The van der Waals surface area contributed by atoms with Crippen molar-refractivity contribution in [2.24, 2.45) is 11.7 Å². The van der Waals surface area contributed by atoms with E-state index in [4.69, 9.17) is 10.2 Å². The largest absolute Gasteiger partial charge is 0.459 e. The molecule has 0 bridgehead atoms. The first-order valence-electron chi connectivity index (χ1n) is 7.53. The molecule has 0 spiro atoms. The number of aryl methyl sites for hydroxylation is 1. The van der Waals surface area contributed by atoms with Crippen molar-refractivity contribution in [1.29, 1.82) is 0 Å². The standard InChI is InChI=1S/C19H19NO/c1-12-6-7-17-15(8-12)11-18(21-17)19(20)16-9-13-4-2-3-5-14(13)10-16/h2-8,11,16,19H,9-10,20H2,1H3. The molecule has 1 aliphatic carbocycles. The normalized spacial score (nSPS) is 16.3. The Morgan fingerprint density at radius 1 is 1.05 bits per heavy atom. The molecule has 106 valence electrons. The molecule has 1 unspecified atom stereocenters. The minimum Gasteiger partial charge on any atom is -0.459 e. The summed E-state index contributed by atoms with van der Waals surface area (Å²) in [6.45, 7) is 2.10. The highest BCUT2D eigenvalue weighted by molar-refractivity contribution is 5.78. The van der Waals surface area contributed by atoms with Gasteiger partial charge < -0.3 is 10.2 Å². The maximum absolute atomic E-state index is 6.49. The molecule has 0 aliphatic heterocycles. The van der Waals surface area contributed by atoms with Gasteiger partial charge >= 0.3 is 0 Å². The van der Waals surface area contributed by atoms with Crippen LogP contribution in [0.4, 0.5) is 0 Å². The van der Waals surface area contributed by atoms with Crippen molar-refractivity contribution in [3.8, 4) is 0 Å². The van der Waals surface area contributed by atoms with Crippen LogP contribution in [0.1, 0.15) is 28.5 Å². The van der Waals surface area contributed by atoms with Gasteiger partial charge in [0.25, 0.3) is 0 Å². The molecular weight excluding hydrogens is 258 g/mol. The Labute approximate surface area is 124 Å². The second-order valence-corrected chi connectivity index (χ2v) is 6.15. The minimum absolute atomic E-state index is 0.0369. The lowest BCUT2D eigenvalue weighted by molar-refractivity contribution is 0.385. The van der Waals surface area contributed by atoms with E-state index in [1.54, 1.807) is 0 Å². The fourth-order valence-corrected chi connectivity index (χ4v) is 3.43. The van der Waals surface area contributed by atoms with Crippen LogP contribution in [-0.4, -0.2) is 0 Å². The first kappa shape index (κ1) is 12.7. The van der Waals surface area contributed by atoms with Crippen LogP contribution in [0.25, 0.3) is 11.0 Å². The third kappa shape index (κ3) is 2.16. The smallest absolute Gasteiger partial charge is 0.134 e. The maximum Gasteiger partial charge on any atom is 0.134 e. The summed E-state index contributed by atoms with van der Waals surface area (Å²) in [6, 6.07) is 17.0. The van der Waals surface area contributed by atoms with Gasteiger partial charge in [-0.15, -0.1) is 0 Å². The van der Waals surface area contributed by atoms with Crippen molar-refractivity contribution in [2.45, 2.75) is 25.8 Å². The minimum atomic E-state index is -0.0369. The summed E-state index contributed by atoms with van der Waals surface area (Å²) >= 11 is 0. The van der Waals surface area contributed by atoms with Crippen molar-refractivity contribution >= 4 is 11.0 Å². The lowest BCUT2D eigenvalue weighted by atomic mass is 9.95. The first-order chi connectivity index (χ1) is 10.2. The van der Waals surface area contributed by atoms with Gasteiger partial charge in [-0.2, -0.15) is 0 Å². The fourth-order valence-electron chi connectivity index (χ4n) is 3.43. The van der Waals surface area contributed by atoms with Crippen LogP contribution in [0.3, 0.4) is 0 Å². The molecule has 21 heavy (non-hydrogen) atoms. The second-order valence-electron chi connectivity index (χ2n) is 6.15. The summed E-state index contributed by atoms with van der Waals surface area (Å²) in [5, 5.41) is 1.15. The zero-order chi connectivity index (χ0) is 14.4. The Morgan fingerprint density at radius 2 is 1.76 bits per heavy atom. The van der Waals surface area contributed by atoms with Crippen LogP contribution in [0.15, 0.2) is 52.9 Å². The molecule has 1 heterocycles. The summed E-state index contributed by atoms with van der Waals surface area (Å²) in [4.78, 5) is 0. The lowest BCUT2D eigenvalue weighted by Crippen LogP contribution is -2.21. The van der Waals surface area contributed by atoms with Crippen molar-refractivity contribution in [3.63, 3.8) is 0 Å². The zero-order valence-corrected chi connectivity index (χ0v) is 12.2. The molecule has 0 fully saturated rings. The number of furan rings is 1. The predicted molar refractivity (Wildman–Crippen MR) is 85.2 cm³/mol. The van der Waals surface area contributed by atoms with Gasteiger partial charge in [0, 0.05) is 5.39 Å². The number of fused-ring (bicyclic) bond motifs is 2. The Balaban J connectivity index is 1.64. The summed E-state index contributed by atoms with van der Waals surface area (Å²) in [5.74, 6) is 1.34. The summed E-state index contributed by atoms with van der Waals surface area (Å²) in [6.07, 6.45) is 2.10. The highest BCUT2D eigenvalue weighted by Crippen LogP contribution is 2.35. The monoisotopic (exact) mass is 277 g/mol. The van der Waals surface area contributed by atoms with Crippen molar-refractivity contribution < 1.29 is 4.42 Å². The van der Waals surface area contributed by atoms with Crippen molar-refractivity contribution in [1.82, 2.24) is 0 Å². The van der Waals surface area contributed by atoms with E-state index in [1.165, 1.54) is 16.7 Å². The SMILES string of the molecule is Cc1ccc2oc(C(N)C3Cc4ccccc4C3)cc2c1. The molecule has 0 saturated carbocycles. The molecule has 0 saturated heterocycles. The molecule has 2 N–H and O–H groups in total. The van der Waals surface area contributed by atoms with E-state index in [1.807, 2.05) is 6.07 Å². The molecular formula is C19H19NO. The quantitative estimate of drug-likeness (QED) is 0.764. The van der Waals surface area contributed by atoms with Gasteiger partial charge in [-0.3, -0.25) is 0 Å². The van der Waals surface area contributed by atoms with Gasteiger partial charge in [-0.25, -0.2) is 0 Å². The Hall–Kier alpha value is -2.06. The molecule has 3 aromatic rings. The molecule has 1 atom stereocenters. The summed E-state index contributed by atoms with van der Waals surface area (Å²) in [7, 11) is 0. The van der Waals surface area contributed by atoms with Gasteiger partial charge in [-0.05, 0) is 55.0 Å². The van der Waals surface area contributed by atoms with Gasteiger partial charge in [0.05, 0.1) is 6.04 Å². The summed E-state index contributed by atoms with van der Waals surface area (Å²) < 4.78 is 5.97. The Morgan fingerprint density at radius 3 is 2.48 bits per heavy atom. The van der Waals surface area contributed by atoms with Gasteiger partial charge in [-0.1, -0.05) is 35.9 Å². The first-order valence-corrected chi connectivity index (χ1v) is 7.53. The molecule has 0 radical (unpaired) electrons. The van der Waals surface area contributed by atoms with Crippen LogP contribution in [-0.2, 0) is 12.8 Å². The third-order valence-electron chi connectivity index (χ3n) is 4.61. The number of rotatable bonds is 2. The highest BCUT2D eigenvalue weighted by Gasteiger charge is 2.29. The van der Waals surface area contributed by atoms with Crippen LogP contribution >= 0.6 is 0 Å². The molecule has 4 rings (SSSR count). The van der Waals surface area contributed by atoms with E-state index in [-0.39, 0.29) is 6.04 Å². The lowest BCUT2D eigenvalue weighted by Gasteiger charge is -2.16. The summed E-state index contributed by atoms with van der Waals surface area (Å²) in [5.41, 5.74) is 11.5.